The predicted molar refractivity (Wildman–Crippen MR) is 116 cm³/mol. The second-order valence-electron chi connectivity index (χ2n) is 6.31. The smallest absolute Gasteiger partial charge is 0.260 e. The Labute approximate surface area is 173 Å². The molecule has 0 saturated carbocycles. The minimum absolute atomic E-state index is 0.0871. The molecule has 0 radical (unpaired) electrons. The van der Waals surface area contributed by atoms with Crippen LogP contribution in [0.25, 0.3) is 6.08 Å². The third-order valence-corrected chi connectivity index (χ3v) is 5.54. The van der Waals surface area contributed by atoms with E-state index < -0.39 is 0 Å². The van der Waals surface area contributed by atoms with Crippen LogP contribution in [0.2, 0.25) is 5.02 Å². The van der Waals surface area contributed by atoms with E-state index in [1.807, 2.05) is 31.2 Å². The van der Waals surface area contributed by atoms with Crippen LogP contribution in [0.1, 0.15) is 16.7 Å². The monoisotopic (exact) mass is 416 g/mol. The van der Waals surface area contributed by atoms with E-state index in [1.54, 1.807) is 18.2 Å². The summed E-state index contributed by atoms with van der Waals surface area (Å²) in [5, 5.41) is 17.0. The molecule has 7 heteroatoms. The zero-order valence-corrected chi connectivity index (χ0v) is 17.2. The Hall–Kier alpha value is -2.57. The highest BCUT2D eigenvalue weighted by molar-refractivity contribution is 8.05. The highest BCUT2D eigenvalue weighted by atomic mass is 35.5. The summed E-state index contributed by atoms with van der Waals surface area (Å²) in [6.07, 6.45) is 3.98. The summed E-state index contributed by atoms with van der Waals surface area (Å²) in [6, 6.07) is 9.10. The first kappa shape index (κ1) is 20.2. The maximum atomic E-state index is 12.4. The molecule has 0 aliphatic carbocycles. The lowest BCUT2D eigenvalue weighted by molar-refractivity contribution is -0.116. The summed E-state index contributed by atoms with van der Waals surface area (Å²) in [7, 11) is 1.49. The van der Waals surface area contributed by atoms with Crippen LogP contribution in [0.15, 0.2) is 47.9 Å². The fraction of sp³-hybridized carbons (Fsp3) is 0.190. The molecule has 1 aliphatic rings. The Bertz CT molecular complexity index is 959. The Balaban J connectivity index is 1.83. The van der Waals surface area contributed by atoms with E-state index in [0.717, 1.165) is 16.8 Å². The third-order valence-electron chi connectivity index (χ3n) is 4.28. The fourth-order valence-corrected chi connectivity index (χ4v) is 3.99. The molecular weight excluding hydrogens is 396 g/mol. The maximum Gasteiger partial charge on any atom is 0.260 e. The number of hydrogen-bond donors (Lipinski definition) is 3. The molecule has 0 bridgehead atoms. The molecule has 0 spiro atoms. The summed E-state index contributed by atoms with van der Waals surface area (Å²) in [6.45, 7) is 5.68. The SMILES string of the molecule is C=CCc1cc(/C=C2\SC(Nc3cc(Cl)ccc3C)NC2=O)cc(OC)c1O. The van der Waals surface area contributed by atoms with Gasteiger partial charge in [-0.25, -0.2) is 0 Å². The zero-order chi connectivity index (χ0) is 20.3. The lowest BCUT2D eigenvalue weighted by Crippen LogP contribution is -2.31. The van der Waals surface area contributed by atoms with Crippen molar-refractivity contribution in [2.75, 3.05) is 12.4 Å². The molecule has 28 heavy (non-hydrogen) atoms. The van der Waals surface area contributed by atoms with Gasteiger partial charge in [0.25, 0.3) is 5.91 Å². The molecule has 3 rings (SSSR count). The number of hydrogen-bond acceptors (Lipinski definition) is 5. The molecule has 2 aromatic rings. The van der Waals surface area contributed by atoms with Crippen molar-refractivity contribution in [2.45, 2.75) is 18.8 Å². The van der Waals surface area contributed by atoms with Crippen LogP contribution in [0.5, 0.6) is 11.5 Å². The van der Waals surface area contributed by atoms with Gasteiger partial charge < -0.3 is 20.5 Å². The summed E-state index contributed by atoms with van der Waals surface area (Å²) in [5.74, 6) is 0.280. The van der Waals surface area contributed by atoms with Gasteiger partial charge in [-0.2, -0.15) is 0 Å². The number of amides is 1. The molecule has 1 atom stereocenters. The van der Waals surface area contributed by atoms with Crippen molar-refractivity contribution in [3.63, 3.8) is 0 Å². The second kappa shape index (κ2) is 8.63. The van der Waals surface area contributed by atoms with Crippen LogP contribution in [-0.2, 0) is 11.2 Å². The van der Waals surface area contributed by atoms with Crippen molar-refractivity contribution in [1.82, 2.24) is 5.32 Å². The average Bonchev–Trinajstić information content (AvgIpc) is 3.00. The quantitative estimate of drug-likeness (QED) is 0.470. The van der Waals surface area contributed by atoms with Crippen LogP contribution >= 0.6 is 23.4 Å². The van der Waals surface area contributed by atoms with Gasteiger partial charge in [-0.15, -0.1) is 6.58 Å². The number of nitrogens with one attached hydrogen (secondary N) is 2. The molecule has 146 valence electrons. The molecule has 1 heterocycles. The maximum absolute atomic E-state index is 12.4. The molecule has 1 fully saturated rings. The first-order valence-electron chi connectivity index (χ1n) is 8.64. The van der Waals surface area contributed by atoms with Crippen LogP contribution in [0, 0.1) is 6.92 Å². The zero-order valence-electron chi connectivity index (χ0n) is 15.6. The molecule has 1 unspecified atom stereocenters. The van der Waals surface area contributed by atoms with E-state index in [-0.39, 0.29) is 17.2 Å². The highest BCUT2D eigenvalue weighted by Crippen LogP contribution is 2.35. The van der Waals surface area contributed by atoms with E-state index in [2.05, 4.69) is 17.2 Å². The number of methoxy groups -OCH3 is 1. The molecule has 2 aromatic carbocycles. The van der Waals surface area contributed by atoms with Gasteiger partial charge in [0.2, 0.25) is 0 Å². The molecular formula is C21H21ClN2O3S. The Morgan fingerprint density at radius 2 is 2.18 bits per heavy atom. The molecule has 3 N–H and O–H groups in total. The molecule has 1 aliphatic heterocycles. The van der Waals surface area contributed by atoms with Gasteiger partial charge >= 0.3 is 0 Å². The van der Waals surface area contributed by atoms with E-state index in [4.69, 9.17) is 16.3 Å². The Morgan fingerprint density at radius 1 is 1.39 bits per heavy atom. The number of halogens is 1. The Kier molecular flexibility index (Phi) is 6.21. The Morgan fingerprint density at radius 3 is 2.89 bits per heavy atom. The highest BCUT2D eigenvalue weighted by Gasteiger charge is 2.27. The molecule has 5 nitrogen and oxygen atoms in total. The number of carbonyl (C=O) groups is 1. The second-order valence-corrected chi connectivity index (χ2v) is 7.89. The normalized spacial score (nSPS) is 17.5. The topological polar surface area (TPSA) is 70.6 Å². The predicted octanol–water partition coefficient (Wildman–Crippen LogP) is 4.69. The fourth-order valence-electron chi connectivity index (χ4n) is 2.85. The number of ether oxygens (including phenoxy) is 1. The van der Waals surface area contributed by atoms with E-state index in [1.165, 1.54) is 18.9 Å². The van der Waals surface area contributed by atoms with Crippen molar-refractivity contribution >= 4 is 41.0 Å². The minimum atomic E-state index is -0.303. The molecule has 1 saturated heterocycles. The minimum Gasteiger partial charge on any atom is -0.504 e. The van der Waals surface area contributed by atoms with Gasteiger partial charge in [0.15, 0.2) is 17.0 Å². The van der Waals surface area contributed by atoms with Crippen molar-refractivity contribution in [2.24, 2.45) is 0 Å². The summed E-state index contributed by atoms with van der Waals surface area (Å²) in [4.78, 5) is 13.0. The number of phenolic OH excluding ortho intramolecular Hbond substituents is 1. The van der Waals surface area contributed by atoms with Crippen LogP contribution < -0.4 is 15.4 Å². The van der Waals surface area contributed by atoms with Crippen molar-refractivity contribution in [1.29, 1.82) is 0 Å². The van der Waals surface area contributed by atoms with E-state index in [0.29, 0.717) is 27.7 Å². The summed E-state index contributed by atoms with van der Waals surface area (Å²) >= 11 is 7.45. The van der Waals surface area contributed by atoms with Gasteiger partial charge in [-0.05, 0) is 54.8 Å². The average molecular weight is 417 g/mol. The van der Waals surface area contributed by atoms with Crippen LogP contribution in [-0.4, -0.2) is 23.6 Å². The number of aromatic hydroxyl groups is 1. The van der Waals surface area contributed by atoms with E-state index in [9.17, 15) is 9.90 Å². The number of allylic oxidation sites excluding steroid dienone is 1. The number of benzene rings is 2. The number of thioether (sulfide) groups is 1. The van der Waals surface area contributed by atoms with Gasteiger partial charge in [-0.1, -0.05) is 35.5 Å². The first-order valence-corrected chi connectivity index (χ1v) is 9.89. The van der Waals surface area contributed by atoms with Crippen molar-refractivity contribution in [3.8, 4) is 11.5 Å². The molecule has 0 aromatic heterocycles. The van der Waals surface area contributed by atoms with Crippen LogP contribution in [0.3, 0.4) is 0 Å². The van der Waals surface area contributed by atoms with Gasteiger partial charge in [-0.3, -0.25) is 4.79 Å². The summed E-state index contributed by atoms with van der Waals surface area (Å²) < 4.78 is 5.24. The standard InChI is InChI=1S/C21H21ClN2O3S/c1-4-5-14-8-13(9-17(27-3)19(14)25)10-18-20(26)24-21(28-18)23-16-11-15(22)7-6-12(16)2/h4,6-11,21,23,25H,1,5H2,2-3H3,(H,24,26)/b18-10-. The van der Waals surface area contributed by atoms with Crippen molar-refractivity contribution < 1.29 is 14.6 Å². The number of anilines is 1. The van der Waals surface area contributed by atoms with E-state index >= 15 is 0 Å². The molecule has 1 amide bonds. The van der Waals surface area contributed by atoms with Gasteiger partial charge in [0.05, 0.1) is 12.0 Å². The number of phenols is 1. The van der Waals surface area contributed by atoms with Gasteiger partial charge in [0.1, 0.15) is 0 Å². The number of aryl methyl sites for hydroxylation is 1. The van der Waals surface area contributed by atoms with Gasteiger partial charge in [0, 0.05) is 16.3 Å². The third kappa shape index (κ3) is 4.46. The number of rotatable bonds is 6. The van der Waals surface area contributed by atoms with Crippen molar-refractivity contribution in [3.05, 3.63) is 69.6 Å². The summed E-state index contributed by atoms with van der Waals surface area (Å²) in [5.41, 5.74) is 3.06. The van der Waals surface area contributed by atoms with Crippen LogP contribution in [0.4, 0.5) is 5.69 Å². The lowest BCUT2D eigenvalue weighted by Gasteiger charge is -2.15. The largest absolute Gasteiger partial charge is 0.504 e. The number of carbonyl (C=O) groups excluding carboxylic acids is 1. The lowest BCUT2D eigenvalue weighted by atomic mass is 10.1. The first-order chi connectivity index (χ1) is 13.4.